The second-order valence-electron chi connectivity index (χ2n) is 6.74. The first-order valence-electron chi connectivity index (χ1n) is 8.97. The molecule has 3 rings (SSSR count). The van der Waals surface area contributed by atoms with Gasteiger partial charge in [0.25, 0.3) is 0 Å². The van der Waals surface area contributed by atoms with Gasteiger partial charge < -0.3 is 14.1 Å². The normalized spacial score (nSPS) is 17.6. The Balaban J connectivity index is 1.83. The lowest BCUT2D eigenvalue weighted by Crippen LogP contribution is -2.28. The van der Waals surface area contributed by atoms with Crippen LogP contribution in [0.5, 0.6) is 5.75 Å². The van der Waals surface area contributed by atoms with Crippen molar-refractivity contribution in [1.29, 1.82) is 0 Å². The predicted octanol–water partition coefficient (Wildman–Crippen LogP) is 2.92. The third kappa shape index (κ3) is 3.98. The number of nitrogens with zero attached hydrogens (tertiary/aromatic N) is 2. The van der Waals surface area contributed by atoms with Crippen molar-refractivity contribution in [3.05, 3.63) is 54.0 Å². The molecule has 1 aliphatic rings. The Morgan fingerprint density at radius 1 is 1.32 bits per heavy atom. The number of carbonyl (C=O) groups excluding carboxylic acids is 1. The van der Waals surface area contributed by atoms with E-state index in [0.29, 0.717) is 12.1 Å². The van der Waals surface area contributed by atoms with Crippen LogP contribution in [0.25, 0.3) is 6.08 Å². The lowest BCUT2D eigenvalue weighted by atomic mass is 10.1. The van der Waals surface area contributed by atoms with Gasteiger partial charge in [-0.2, -0.15) is 0 Å². The van der Waals surface area contributed by atoms with Crippen LogP contribution in [0.15, 0.2) is 52.0 Å². The summed E-state index contributed by atoms with van der Waals surface area (Å²) < 4.78 is 36.8. The number of ether oxygens (including phenoxy) is 1. The number of amides is 1. The largest absolute Gasteiger partial charge is 0.495 e. The quantitative estimate of drug-likeness (QED) is 0.692. The van der Waals surface area contributed by atoms with Crippen molar-refractivity contribution in [2.24, 2.45) is 0 Å². The second-order valence-corrected chi connectivity index (χ2v) is 8.86. The number of sulfonamides is 1. The van der Waals surface area contributed by atoms with Crippen LogP contribution in [0.4, 0.5) is 0 Å². The Morgan fingerprint density at radius 2 is 2.11 bits per heavy atom. The fraction of sp³-hybridized carbons (Fsp3) is 0.350. The molecular formula is C20H24N2O5S. The maximum absolute atomic E-state index is 12.7. The SMILES string of the molecule is COc1ccc(/C=C/C(=O)N2CCCC2c2ccco2)cc1S(=O)(=O)N(C)C. The molecule has 8 heteroatoms. The summed E-state index contributed by atoms with van der Waals surface area (Å²) in [5.41, 5.74) is 0.600. The van der Waals surface area contributed by atoms with Crippen LogP contribution in [0.2, 0.25) is 0 Å². The standard InChI is InChI=1S/C20H24N2O5S/c1-21(2)28(24,25)19-14-15(8-10-18(19)26-3)9-11-20(23)22-12-4-6-16(22)17-7-5-13-27-17/h5,7-11,13-14,16H,4,6,12H2,1-3H3/b11-9+. The first-order chi connectivity index (χ1) is 13.3. The van der Waals surface area contributed by atoms with Crippen molar-refractivity contribution >= 4 is 22.0 Å². The molecule has 1 aromatic heterocycles. The number of rotatable bonds is 6. The summed E-state index contributed by atoms with van der Waals surface area (Å²) in [6.07, 6.45) is 6.47. The molecular weight excluding hydrogens is 380 g/mol. The minimum absolute atomic E-state index is 0.0595. The van der Waals surface area contributed by atoms with Crippen molar-refractivity contribution in [3.63, 3.8) is 0 Å². The van der Waals surface area contributed by atoms with Gasteiger partial charge in [0.05, 0.1) is 19.4 Å². The minimum Gasteiger partial charge on any atom is -0.495 e. The van der Waals surface area contributed by atoms with Crippen LogP contribution in [0.3, 0.4) is 0 Å². The Morgan fingerprint density at radius 3 is 2.75 bits per heavy atom. The minimum atomic E-state index is -3.67. The molecule has 1 atom stereocenters. The molecule has 0 aliphatic carbocycles. The third-order valence-electron chi connectivity index (χ3n) is 4.77. The average molecular weight is 404 g/mol. The Hall–Kier alpha value is -2.58. The average Bonchev–Trinajstić information content (AvgIpc) is 3.36. The Labute approximate surface area is 165 Å². The van der Waals surface area contributed by atoms with Gasteiger partial charge in [-0.1, -0.05) is 6.07 Å². The van der Waals surface area contributed by atoms with Gasteiger partial charge in [-0.25, -0.2) is 12.7 Å². The number of carbonyl (C=O) groups is 1. The molecule has 150 valence electrons. The van der Waals surface area contributed by atoms with Crippen molar-refractivity contribution in [1.82, 2.24) is 9.21 Å². The smallest absolute Gasteiger partial charge is 0.247 e. The zero-order valence-electron chi connectivity index (χ0n) is 16.2. The van der Waals surface area contributed by atoms with Crippen LogP contribution in [0.1, 0.15) is 30.2 Å². The van der Waals surface area contributed by atoms with Gasteiger partial charge in [-0.3, -0.25) is 4.79 Å². The molecule has 0 spiro atoms. The summed E-state index contributed by atoms with van der Waals surface area (Å²) in [5.74, 6) is 0.907. The van der Waals surface area contributed by atoms with E-state index < -0.39 is 10.0 Å². The molecule has 7 nitrogen and oxygen atoms in total. The van der Waals surface area contributed by atoms with Gasteiger partial charge in [0.1, 0.15) is 16.4 Å². The van der Waals surface area contributed by atoms with E-state index >= 15 is 0 Å². The maximum Gasteiger partial charge on any atom is 0.247 e. The van der Waals surface area contributed by atoms with Crippen LogP contribution in [-0.2, 0) is 14.8 Å². The fourth-order valence-electron chi connectivity index (χ4n) is 3.27. The van der Waals surface area contributed by atoms with Crippen molar-refractivity contribution in [3.8, 4) is 5.75 Å². The molecule has 1 saturated heterocycles. The molecule has 1 aromatic carbocycles. The van der Waals surface area contributed by atoms with Crippen LogP contribution in [-0.4, -0.2) is 51.3 Å². The first-order valence-corrected chi connectivity index (χ1v) is 10.4. The van der Waals surface area contributed by atoms with E-state index in [1.165, 1.54) is 33.3 Å². The summed E-state index contributed by atoms with van der Waals surface area (Å²) in [7, 11) is 0.676. The highest BCUT2D eigenvalue weighted by atomic mass is 32.2. The zero-order valence-corrected chi connectivity index (χ0v) is 17.0. The lowest BCUT2D eigenvalue weighted by Gasteiger charge is -2.21. The second kappa shape index (κ2) is 8.20. The van der Waals surface area contributed by atoms with Gasteiger partial charge in [0.15, 0.2) is 0 Å². The van der Waals surface area contributed by atoms with Crippen LogP contribution in [0, 0.1) is 0 Å². The maximum atomic E-state index is 12.7. The highest BCUT2D eigenvalue weighted by molar-refractivity contribution is 7.89. The topological polar surface area (TPSA) is 80.1 Å². The lowest BCUT2D eigenvalue weighted by molar-refractivity contribution is -0.127. The summed E-state index contributed by atoms with van der Waals surface area (Å²) in [5, 5.41) is 0. The van der Waals surface area contributed by atoms with Crippen LogP contribution < -0.4 is 4.74 Å². The monoisotopic (exact) mass is 404 g/mol. The van der Waals surface area contributed by atoms with Gasteiger partial charge in [-0.15, -0.1) is 0 Å². The molecule has 1 fully saturated rings. The number of furan rings is 1. The molecule has 28 heavy (non-hydrogen) atoms. The van der Waals surface area contributed by atoms with E-state index in [9.17, 15) is 13.2 Å². The third-order valence-corrected chi connectivity index (χ3v) is 6.61. The van der Waals surface area contributed by atoms with Gasteiger partial charge in [0.2, 0.25) is 15.9 Å². The number of hydrogen-bond acceptors (Lipinski definition) is 5. The van der Waals surface area contributed by atoms with E-state index in [1.807, 2.05) is 12.1 Å². The molecule has 1 amide bonds. The van der Waals surface area contributed by atoms with Crippen LogP contribution >= 0.6 is 0 Å². The van der Waals surface area contributed by atoms with E-state index in [4.69, 9.17) is 9.15 Å². The summed E-state index contributed by atoms with van der Waals surface area (Å²) in [6, 6.07) is 8.44. The van der Waals surface area contributed by atoms with E-state index in [-0.39, 0.29) is 22.6 Å². The molecule has 2 heterocycles. The van der Waals surface area contributed by atoms with E-state index in [0.717, 1.165) is 22.9 Å². The summed E-state index contributed by atoms with van der Waals surface area (Å²) >= 11 is 0. The molecule has 1 unspecified atom stereocenters. The molecule has 0 N–H and O–H groups in total. The van der Waals surface area contributed by atoms with Crippen molar-refractivity contribution in [2.75, 3.05) is 27.7 Å². The number of hydrogen-bond donors (Lipinski definition) is 0. The molecule has 1 aliphatic heterocycles. The van der Waals surface area contributed by atoms with Crippen molar-refractivity contribution < 1.29 is 22.4 Å². The predicted molar refractivity (Wildman–Crippen MR) is 105 cm³/mol. The number of likely N-dealkylation sites (tertiary alicyclic amines) is 1. The van der Waals surface area contributed by atoms with E-state index in [1.54, 1.807) is 29.4 Å². The summed E-state index contributed by atoms with van der Waals surface area (Å²) in [4.78, 5) is 14.5. The van der Waals surface area contributed by atoms with Crippen molar-refractivity contribution in [2.45, 2.75) is 23.8 Å². The molecule has 0 saturated carbocycles. The molecule has 0 radical (unpaired) electrons. The number of methoxy groups -OCH3 is 1. The number of benzene rings is 1. The fourth-order valence-corrected chi connectivity index (χ4v) is 4.35. The Kier molecular flexibility index (Phi) is 5.90. The highest BCUT2D eigenvalue weighted by Crippen LogP contribution is 2.32. The first kappa shape index (κ1) is 20.2. The highest BCUT2D eigenvalue weighted by Gasteiger charge is 2.30. The summed E-state index contributed by atoms with van der Waals surface area (Å²) in [6.45, 7) is 0.664. The Bertz CT molecular complexity index is 964. The molecule has 0 bridgehead atoms. The van der Waals surface area contributed by atoms with E-state index in [2.05, 4.69) is 0 Å². The van der Waals surface area contributed by atoms with Gasteiger partial charge in [-0.05, 0) is 48.7 Å². The molecule has 2 aromatic rings. The van der Waals surface area contributed by atoms with Gasteiger partial charge >= 0.3 is 0 Å². The van der Waals surface area contributed by atoms with Gasteiger partial charge in [0, 0.05) is 26.7 Å². The zero-order chi connectivity index (χ0) is 20.3.